The normalized spacial score (nSPS) is 7.18. The zero-order chi connectivity index (χ0) is 7.82. The standard InChI is InChI=1S/C6H5Cl.C2H6O.H2O/c7-6-4-2-1-3-5-6;1-2-3;/h1-5H;3H,2H2,1H3;1H2. The van der Waals surface area contributed by atoms with Gasteiger partial charge in [-0.2, -0.15) is 0 Å². The second kappa shape index (κ2) is 9.43. The molecule has 0 saturated heterocycles. The van der Waals surface area contributed by atoms with Gasteiger partial charge in [-0.1, -0.05) is 29.8 Å². The number of hydrogen-bond acceptors (Lipinski definition) is 1. The van der Waals surface area contributed by atoms with E-state index < -0.39 is 0 Å². The maximum absolute atomic E-state index is 7.57. The zero-order valence-electron chi connectivity index (χ0n) is 6.42. The van der Waals surface area contributed by atoms with Crippen LogP contribution in [-0.2, 0) is 0 Å². The van der Waals surface area contributed by atoms with Crippen molar-refractivity contribution in [1.82, 2.24) is 0 Å². The summed E-state index contributed by atoms with van der Waals surface area (Å²) in [6, 6.07) is 9.44. The lowest BCUT2D eigenvalue weighted by molar-refractivity contribution is 0.318. The van der Waals surface area contributed by atoms with Gasteiger partial charge in [0.15, 0.2) is 0 Å². The fourth-order valence-electron chi connectivity index (χ4n) is 0.415. The smallest absolute Gasteiger partial charge is 0.0405 e. The summed E-state index contributed by atoms with van der Waals surface area (Å²) in [6.07, 6.45) is 0. The number of aliphatic hydroxyl groups is 1. The average molecular weight is 177 g/mol. The summed E-state index contributed by atoms with van der Waals surface area (Å²) >= 11 is 5.54. The van der Waals surface area contributed by atoms with Crippen LogP contribution in [-0.4, -0.2) is 17.2 Å². The molecule has 0 amide bonds. The number of aliphatic hydroxyl groups excluding tert-OH is 1. The van der Waals surface area contributed by atoms with Gasteiger partial charge in [0.1, 0.15) is 0 Å². The van der Waals surface area contributed by atoms with Crippen molar-refractivity contribution in [2.75, 3.05) is 6.61 Å². The second-order valence-electron chi connectivity index (χ2n) is 1.61. The van der Waals surface area contributed by atoms with Crippen LogP contribution in [0.4, 0.5) is 0 Å². The highest BCUT2D eigenvalue weighted by Crippen LogP contribution is 2.03. The molecule has 0 heterocycles. The molecule has 0 spiro atoms. The van der Waals surface area contributed by atoms with Crippen LogP contribution in [0.15, 0.2) is 30.3 Å². The Morgan fingerprint density at radius 1 is 1.27 bits per heavy atom. The predicted octanol–water partition coefficient (Wildman–Crippen LogP) is 1.51. The summed E-state index contributed by atoms with van der Waals surface area (Å²) < 4.78 is 0. The quantitative estimate of drug-likeness (QED) is 0.640. The summed E-state index contributed by atoms with van der Waals surface area (Å²) in [6.45, 7) is 1.93. The maximum atomic E-state index is 7.57. The van der Waals surface area contributed by atoms with Crippen LogP contribution in [0.5, 0.6) is 0 Å². The molecule has 0 aliphatic rings. The molecule has 0 fully saturated rings. The molecule has 3 N–H and O–H groups in total. The highest BCUT2D eigenvalue weighted by molar-refractivity contribution is 6.30. The molecule has 0 bridgehead atoms. The average Bonchev–Trinajstić information content (AvgIpc) is 1.91. The summed E-state index contributed by atoms with van der Waals surface area (Å²) in [5.41, 5.74) is 0. The van der Waals surface area contributed by atoms with Gasteiger partial charge in [0, 0.05) is 11.6 Å². The monoisotopic (exact) mass is 176 g/mol. The number of benzene rings is 1. The minimum absolute atomic E-state index is 0. The van der Waals surface area contributed by atoms with Gasteiger partial charge in [-0.15, -0.1) is 0 Å². The number of hydrogen-bond donors (Lipinski definition) is 1. The molecule has 0 aliphatic carbocycles. The van der Waals surface area contributed by atoms with E-state index in [9.17, 15) is 0 Å². The fourth-order valence-corrected chi connectivity index (χ4v) is 0.560. The van der Waals surface area contributed by atoms with Crippen LogP contribution in [0.3, 0.4) is 0 Å². The Hall–Kier alpha value is -0.570. The van der Waals surface area contributed by atoms with Crippen molar-refractivity contribution in [3.8, 4) is 0 Å². The van der Waals surface area contributed by atoms with E-state index >= 15 is 0 Å². The Bertz CT molecular complexity index is 153. The number of rotatable bonds is 0. The van der Waals surface area contributed by atoms with Crippen molar-refractivity contribution in [2.24, 2.45) is 0 Å². The summed E-state index contributed by atoms with van der Waals surface area (Å²) in [7, 11) is 0. The summed E-state index contributed by atoms with van der Waals surface area (Å²) in [4.78, 5) is 0. The minimum Gasteiger partial charge on any atom is -0.412 e. The fraction of sp³-hybridized carbons (Fsp3) is 0.250. The van der Waals surface area contributed by atoms with E-state index in [1.165, 1.54) is 0 Å². The molecule has 1 aromatic carbocycles. The third-order valence-corrected chi connectivity index (χ3v) is 0.985. The van der Waals surface area contributed by atoms with Gasteiger partial charge in [-0.05, 0) is 19.1 Å². The van der Waals surface area contributed by atoms with Crippen LogP contribution in [0.2, 0.25) is 5.02 Å². The Labute approximate surface area is 71.7 Å². The van der Waals surface area contributed by atoms with Crippen molar-refractivity contribution in [1.29, 1.82) is 0 Å². The van der Waals surface area contributed by atoms with E-state index in [2.05, 4.69) is 0 Å². The van der Waals surface area contributed by atoms with Gasteiger partial charge < -0.3 is 10.6 Å². The van der Waals surface area contributed by atoms with Gasteiger partial charge in [0.25, 0.3) is 0 Å². The topological polar surface area (TPSA) is 51.7 Å². The molecule has 64 valence electrons. The molecule has 0 saturated carbocycles. The largest absolute Gasteiger partial charge is 0.412 e. The molecular weight excluding hydrogens is 164 g/mol. The van der Waals surface area contributed by atoms with Crippen LogP contribution in [0.1, 0.15) is 6.92 Å². The van der Waals surface area contributed by atoms with E-state index in [0.29, 0.717) is 0 Å². The molecule has 11 heavy (non-hydrogen) atoms. The molecule has 2 nitrogen and oxygen atoms in total. The first-order chi connectivity index (χ1) is 4.81. The Morgan fingerprint density at radius 2 is 1.64 bits per heavy atom. The van der Waals surface area contributed by atoms with Crippen LogP contribution < -0.4 is 0 Å². The van der Waals surface area contributed by atoms with Gasteiger partial charge in [0.2, 0.25) is 0 Å². The minimum atomic E-state index is 0. The van der Waals surface area contributed by atoms with E-state index in [1.54, 1.807) is 6.92 Å². The van der Waals surface area contributed by atoms with E-state index in [1.807, 2.05) is 30.3 Å². The van der Waals surface area contributed by atoms with Gasteiger partial charge in [-0.25, -0.2) is 0 Å². The van der Waals surface area contributed by atoms with E-state index in [4.69, 9.17) is 16.7 Å². The first-order valence-electron chi connectivity index (χ1n) is 3.12. The molecule has 0 radical (unpaired) electrons. The third kappa shape index (κ3) is 9.43. The molecule has 1 rings (SSSR count). The summed E-state index contributed by atoms with van der Waals surface area (Å²) in [5, 5.41) is 8.36. The Balaban J connectivity index is 0. The Morgan fingerprint density at radius 3 is 1.82 bits per heavy atom. The molecular formula is C8H13ClO2. The lowest BCUT2D eigenvalue weighted by atomic mass is 10.4. The van der Waals surface area contributed by atoms with E-state index in [0.717, 1.165) is 5.02 Å². The van der Waals surface area contributed by atoms with Crippen LogP contribution in [0.25, 0.3) is 0 Å². The zero-order valence-corrected chi connectivity index (χ0v) is 7.17. The predicted molar refractivity (Wildman–Crippen MR) is 47.8 cm³/mol. The number of halogens is 1. The lowest BCUT2D eigenvalue weighted by Gasteiger charge is -1.80. The molecule has 0 aliphatic heterocycles. The SMILES string of the molecule is CCO.Clc1ccccc1.O. The van der Waals surface area contributed by atoms with E-state index in [-0.39, 0.29) is 12.1 Å². The Kier molecular flexibility index (Phi) is 11.2. The van der Waals surface area contributed by atoms with Crippen LogP contribution in [0, 0.1) is 0 Å². The maximum Gasteiger partial charge on any atom is 0.0405 e. The first-order valence-corrected chi connectivity index (χ1v) is 3.50. The second-order valence-corrected chi connectivity index (χ2v) is 2.05. The summed E-state index contributed by atoms with van der Waals surface area (Å²) in [5.74, 6) is 0. The van der Waals surface area contributed by atoms with Crippen molar-refractivity contribution in [3.63, 3.8) is 0 Å². The molecule has 0 unspecified atom stereocenters. The van der Waals surface area contributed by atoms with Crippen molar-refractivity contribution in [2.45, 2.75) is 6.92 Å². The first kappa shape index (κ1) is 13.1. The van der Waals surface area contributed by atoms with Gasteiger partial charge in [0.05, 0.1) is 0 Å². The molecule has 3 heteroatoms. The van der Waals surface area contributed by atoms with Crippen molar-refractivity contribution in [3.05, 3.63) is 35.4 Å². The van der Waals surface area contributed by atoms with Gasteiger partial charge >= 0.3 is 0 Å². The lowest BCUT2D eigenvalue weighted by Crippen LogP contribution is -1.57. The van der Waals surface area contributed by atoms with Crippen molar-refractivity contribution < 1.29 is 10.6 Å². The molecule has 1 aromatic rings. The molecule has 0 aromatic heterocycles. The van der Waals surface area contributed by atoms with Gasteiger partial charge in [-0.3, -0.25) is 0 Å². The van der Waals surface area contributed by atoms with Crippen LogP contribution >= 0.6 is 11.6 Å². The van der Waals surface area contributed by atoms with Crippen molar-refractivity contribution >= 4 is 11.6 Å². The third-order valence-electron chi connectivity index (χ3n) is 0.733. The molecule has 0 atom stereocenters. The highest BCUT2D eigenvalue weighted by atomic mass is 35.5. The highest BCUT2D eigenvalue weighted by Gasteiger charge is 1.74.